The van der Waals surface area contributed by atoms with Crippen LogP contribution in [-0.4, -0.2) is 55.7 Å². The second kappa shape index (κ2) is 15.0. The Bertz CT molecular complexity index is 563. The van der Waals surface area contributed by atoms with E-state index in [1.165, 1.54) is 0 Å². The van der Waals surface area contributed by atoms with Gasteiger partial charge >= 0.3 is 0 Å². The molecule has 30 heavy (non-hydrogen) atoms. The van der Waals surface area contributed by atoms with Gasteiger partial charge in [-0.1, -0.05) is 33.1 Å². The van der Waals surface area contributed by atoms with Gasteiger partial charge in [-0.05, 0) is 56.9 Å². The normalized spacial score (nSPS) is 23.3. The third-order valence-electron chi connectivity index (χ3n) is 6.43. The quantitative estimate of drug-likeness (QED) is 0.295. The molecule has 1 fully saturated rings. The number of nitrogens with one attached hydrogen (secondary N) is 2. The first-order valence-electron chi connectivity index (χ1n) is 11.5. The van der Waals surface area contributed by atoms with Gasteiger partial charge in [0.25, 0.3) is 0 Å². The fraction of sp³-hybridized carbons (Fsp3) is 0.826. The fourth-order valence-corrected chi connectivity index (χ4v) is 4.70. The number of hydrogen-bond acceptors (Lipinski definition) is 5. The molecular formula is C23H40N4O3. The summed E-state index contributed by atoms with van der Waals surface area (Å²) in [5.41, 5.74) is 0. The van der Waals surface area contributed by atoms with Crippen molar-refractivity contribution in [3.05, 3.63) is 0 Å². The van der Waals surface area contributed by atoms with Crippen LogP contribution in [0.25, 0.3) is 0 Å². The van der Waals surface area contributed by atoms with Crippen LogP contribution in [0, 0.1) is 29.1 Å². The van der Waals surface area contributed by atoms with E-state index in [1.54, 1.807) is 0 Å². The first-order valence-corrected chi connectivity index (χ1v) is 11.5. The molecule has 7 nitrogen and oxygen atoms in total. The second-order valence-corrected chi connectivity index (χ2v) is 8.76. The van der Waals surface area contributed by atoms with Crippen molar-refractivity contribution in [1.29, 1.82) is 5.26 Å². The number of likely N-dealkylation sites (tertiary alicyclic amines) is 1. The molecule has 0 aromatic carbocycles. The summed E-state index contributed by atoms with van der Waals surface area (Å²) >= 11 is 0. The van der Waals surface area contributed by atoms with Gasteiger partial charge in [0.05, 0.1) is 12.1 Å². The molecule has 2 amide bonds. The number of carbonyl (C=O) groups excluding carboxylic acids is 3. The van der Waals surface area contributed by atoms with Gasteiger partial charge in [0, 0.05) is 19.5 Å². The average Bonchev–Trinajstić information content (AvgIpc) is 3.01. The summed E-state index contributed by atoms with van der Waals surface area (Å²) in [6.45, 7) is 5.81. The molecule has 0 bridgehead atoms. The summed E-state index contributed by atoms with van der Waals surface area (Å²) in [4.78, 5) is 36.1. The van der Waals surface area contributed by atoms with E-state index in [2.05, 4.69) is 35.5 Å². The Morgan fingerprint density at radius 1 is 1.23 bits per heavy atom. The predicted molar refractivity (Wildman–Crippen MR) is 117 cm³/mol. The highest BCUT2D eigenvalue weighted by Gasteiger charge is 2.41. The van der Waals surface area contributed by atoms with E-state index in [1.807, 2.05) is 7.05 Å². The van der Waals surface area contributed by atoms with E-state index < -0.39 is 6.04 Å². The summed E-state index contributed by atoms with van der Waals surface area (Å²) in [5, 5.41) is 15.3. The van der Waals surface area contributed by atoms with Crippen LogP contribution in [0.2, 0.25) is 0 Å². The average molecular weight is 421 g/mol. The molecule has 1 aliphatic rings. The Labute approximate surface area is 181 Å². The molecule has 2 N–H and O–H groups in total. The monoisotopic (exact) mass is 420 g/mol. The largest absolute Gasteiger partial charge is 0.358 e. The van der Waals surface area contributed by atoms with Gasteiger partial charge < -0.3 is 15.4 Å². The smallest absolute Gasteiger partial charge is 0.238 e. The third-order valence-corrected chi connectivity index (χ3v) is 6.43. The summed E-state index contributed by atoms with van der Waals surface area (Å²) < 4.78 is 0. The van der Waals surface area contributed by atoms with Crippen molar-refractivity contribution in [3.63, 3.8) is 0 Å². The molecule has 0 aliphatic carbocycles. The van der Waals surface area contributed by atoms with E-state index in [4.69, 9.17) is 0 Å². The maximum atomic E-state index is 12.9. The van der Waals surface area contributed by atoms with Gasteiger partial charge in [-0.15, -0.1) is 0 Å². The van der Waals surface area contributed by atoms with Crippen LogP contribution in [0.5, 0.6) is 0 Å². The lowest BCUT2D eigenvalue weighted by atomic mass is 9.88. The Hall–Kier alpha value is -1.94. The minimum Gasteiger partial charge on any atom is -0.358 e. The van der Waals surface area contributed by atoms with Crippen molar-refractivity contribution in [2.24, 2.45) is 17.8 Å². The minimum absolute atomic E-state index is 0.0495. The molecule has 170 valence electrons. The lowest BCUT2D eigenvalue weighted by molar-refractivity contribution is -0.126. The topological polar surface area (TPSA) is 102 Å². The van der Waals surface area contributed by atoms with Crippen LogP contribution in [0.1, 0.15) is 71.6 Å². The molecule has 0 radical (unpaired) electrons. The molecule has 0 aromatic rings. The predicted octanol–water partition coefficient (Wildman–Crippen LogP) is 2.65. The first-order chi connectivity index (χ1) is 14.5. The van der Waals surface area contributed by atoms with Crippen LogP contribution in [0.3, 0.4) is 0 Å². The number of likely N-dealkylation sites (N-methyl/N-ethyl adjacent to an activating group) is 1. The van der Waals surface area contributed by atoms with E-state index in [0.717, 1.165) is 57.8 Å². The molecule has 0 aromatic heterocycles. The summed E-state index contributed by atoms with van der Waals surface area (Å²) in [7, 11) is 1.99. The zero-order chi connectivity index (χ0) is 22.4. The molecule has 7 heteroatoms. The van der Waals surface area contributed by atoms with E-state index >= 15 is 0 Å². The first kappa shape index (κ1) is 26.1. The molecule has 3 unspecified atom stereocenters. The highest BCUT2D eigenvalue weighted by molar-refractivity contribution is 5.83. The highest BCUT2D eigenvalue weighted by atomic mass is 16.2. The molecule has 5 atom stereocenters. The SMILES string of the molecule is CCC[C@H]1CN(C)C(C(=O)NC(C#N)CC[C@@H](CCCCCC=O)CNC=O)C1C. The second-order valence-electron chi connectivity index (χ2n) is 8.76. The van der Waals surface area contributed by atoms with Gasteiger partial charge in [0.2, 0.25) is 12.3 Å². The maximum absolute atomic E-state index is 12.9. The van der Waals surface area contributed by atoms with Crippen molar-refractivity contribution in [3.8, 4) is 6.07 Å². The number of carbonyl (C=O) groups is 3. The lowest BCUT2D eigenvalue weighted by Gasteiger charge is -2.25. The number of aldehydes is 1. The van der Waals surface area contributed by atoms with Crippen molar-refractivity contribution >= 4 is 18.6 Å². The summed E-state index contributed by atoms with van der Waals surface area (Å²) in [5.74, 6) is 1.02. The van der Waals surface area contributed by atoms with Gasteiger partial charge in [-0.3, -0.25) is 14.5 Å². The number of nitriles is 1. The molecule has 1 rings (SSSR count). The number of hydrogen-bond donors (Lipinski definition) is 2. The van der Waals surface area contributed by atoms with Gasteiger partial charge in [-0.25, -0.2) is 0 Å². The fourth-order valence-electron chi connectivity index (χ4n) is 4.70. The standard InChI is InChI=1S/C23H40N4O3/c1-4-9-20-16-27(3)22(18(20)2)23(30)26-21(14-24)12-11-19(15-25-17-29)10-7-5-6-8-13-28/h13,17-22H,4-12,15-16H2,1-3H3,(H,25,29)(H,26,30)/t18?,19-,20+,21?,22?/m1/s1. The molecule has 1 heterocycles. The Kier molecular flexibility index (Phi) is 13.0. The van der Waals surface area contributed by atoms with Crippen LogP contribution in [-0.2, 0) is 14.4 Å². The van der Waals surface area contributed by atoms with Crippen LogP contribution >= 0.6 is 0 Å². The number of amides is 2. The molecule has 0 spiro atoms. The van der Waals surface area contributed by atoms with E-state index in [-0.39, 0.29) is 23.8 Å². The van der Waals surface area contributed by atoms with Crippen LogP contribution < -0.4 is 10.6 Å². The van der Waals surface area contributed by atoms with Crippen molar-refractivity contribution in [1.82, 2.24) is 15.5 Å². The lowest BCUT2D eigenvalue weighted by Crippen LogP contribution is -2.47. The van der Waals surface area contributed by atoms with Gasteiger partial charge in [0.15, 0.2) is 0 Å². The van der Waals surface area contributed by atoms with Gasteiger partial charge in [-0.2, -0.15) is 5.26 Å². The minimum atomic E-state index is -0.517. The van der Waals surface area contributed by atoms with Crippen molar-refractivity contribution in [2.45, 2.75) is 83.7 Å². The number of nitrogens with zero attached hydrogens (tertiary/aromatic N) is 2. The number of unbranched alkanes of at least 4 members (excludes halogenated alkanes) is 3. The maximum Gasteiger partial charge on any atom is 0.238 e. The highest BCUT2D eigenvalue weighted by Crippen LogP contribution is 2.31. The van der Waals surface area contributed by atoms with Crippen LogP contribution in [0.15, 0.2) is 0 Å². The van der Waals surface area contributed by atoms with Crippen LogP contribution in [0.4, 0.5) is 0 Å². The number of rotatable bonds is 16. The molecule has 1 saturated heterocycles. The van der Waals surface area contributed by atoms with Crippen molar-refractivity contribution < 1.29 is 14.4 Å². The summed E-state index contributed by atoms with van der Waals surface area (Å²) in [6, 6.07) is 1.54. The van der Waals surface area contributed by atoms with Crippen molar-refractivity contribution in [2.75, 3.05) is 20.1 Å². The van der Waals surface area contributed by atoms with E-state index in [0.29, 0.717) is 31.7 Å². The van der Waals surface area contributed by atoms with Gasteiger partial charge in [0.1, 0.15) is 12.3 Å². The zero-order valence-corrected chi connectivity index (χ0v) is 18.9. The molecule has 1 aliphatic heterocycles. The van der Waals surface area contributed by atoms with E-state index in [9.17, 15) is 19.6 Å². The molecule has 0 saturated carbocycles. The Morgan fingerprint density at radius 2 is 2.00 bits per heavy atom. The summed E-state index contributed by atoms with van der Waals surface area (Å²) in [6.07, 6.45) is 9.61. The molecular weight excluding hydrogens is 380 g/mol. The Balaban J connectivity index is 2.53. The Morgan fingerprint density at radius 3 is 2.63 bits per heavy atom. The zero-order valence-electron chi connectivity index (χ0n) is 18.9. The third kappa shape index (κ3) is 8.83.